The van der Waals surface area contributed by atoms with Gasteiger partial charge >= 0.3 is 5.97 Å². The number of carbonyl (C=O) groups is 5. The fourth-order valence-corrected chi connectivity index (χ4v) is 3.57. The molecule has 1 atom stereocenters. The average molecular weight is 366 g/mol. The molecule has 2 aliphatic heterocycles. The number of hydrogen-bond donors (Lipinski definition) is 1. The van der Waals surface area contributed by atoms with E-state index in [1.807, 2.05) is 0 Å². The minimum Gasteiger partial charge on any atom is -0.330 e. The topological polar surface area (TPSA) is 101 Å². The quantitative estimate of drug-likeness (QED) is 0.565. The largest absolute Gasteiger partial charge is 0.336 e. The van der Waals surface area contributed by atoms with Gasteiger partial charge in [-0.05, 0) is 31.6 Å². The summed E-state index contributed by atoms with van der Waals surface area (Å²) < 4.78 is 0. The van der Waals surface area contributed by atoms with E-state index >= 15 is 0 Å². The van der Waals surface area contributed by atoms with Gasteiger partial charge in [-0.2, -0.15) is 12.6 Å². The molecule has 0 aromatic heterocycles. The number of thiol groups is 1. The zero-order valence-corrected chi connectivity index (χ0v) is 14.3. The van der Waals surface area contributed by atoms with E-state index in [9.17, 15) is 24.0 Å². The first-order valence-corrected chi connectivity index (χ1v) is 8.68. The standard InChI is InChI=1S/C16H18N2O6S/c19-12-5-6-13(20)17(12)8-9-1-3-10(4-2-9)16(23)24-18-14(21)7-11(25)15(18)22/h5-6,9-11,25H,1-4,7-8H2. The van der Waals surface area contributed by atoms with Crippen molar-refractivity contribution in [3.8, 4) is 0 Å². The van der Waals surface area contributed by atoms with Gasteiger partial charge in [0.05, 0.1) is 17.6 Å². The van der Waals surface area contributed by atoms with Crippen LogP contribution in [-0.2, 0) is 28.8 Å². The lowest BCUT2D eigenvalue weighted by Crippen LogP contribution is -2.39. The van der Waals surface area contributed by atoms with Crippen LogP contribution in [-0.4, -0.2) is 51.4 Å². The molecule has 1 aliphatic carbocycles. The monoisotopic (exact) mass is 366 g/mol. The maximum absolute atomic E-state index is 12.2. The SMILES string of the molecule is O=C(ON1C(=O)CC(S)C1=O)C1CCC(CN2C(=O)C=CC2=O)CC1. The molecule has 8 nitrogen and oxygen atoms in total. The molecule has 3 aliphatic rings. The van der Waals surface area contributed by atoms with Crippen LogP contribution in [0.25, 0.3) is 0 Å². The first kappa shape index (κ1) is 17.7. The number of imide groups is 2. The Kier molecular flexibility index (Phi) is 4.94. The van der Waals surface area contributed by atoms with E-state index in [2.05, 4.69) is 12.6 Å². The van der Waals surface area contributed by atoms with Gasteiger partial charge in [0.15, 0.2) is 0 Å². The third-order valence-corrected chi connectivity index (χ3v) is 5.19. The van der Waals surface area contributed by atoms with Crippen LogP contribution in [0, 0.1) is 11.8 Å². The highest BCUT2D eigenvalue weighted by Gasteiger charge is 2.41. The highest BCUT2D eigenvalue weighted by Crippen LogP contribution is 2.31. The lowest BCUT2D eigenvalue weighted by atomic mass is 9.82. The van der Waals surface area contributed by atoms with Gasteiger partial charge in [0.25, 0.3) is 23.6 Å². The highest BCUT2D eigenvalue weighted by atomic mass is 32.1. The smallest absolute Gasteiger partial charge is 0.330 e. The first-order chi connectivity index (χ1) is 11.9. The number of carbonyl (C=O) groups excluding carboxylic acids is 5. The molecule has 134 valence electrons. The number of rotatable bonds is 4. The third kappa shape index (κ3) is 3.60. The summed E-state index contributed by atoms with van der Waals surface area (Å²) in [7, 11) is 0. The predicted octanol–water partition coefficient (Wildman–Crippen LogP) is 0.233. The van der Waals surface area contributed by atoms with Gasteiger partial charge in [0.1, 0.15) is 0 Å². The summed E-state index contributed by atoms with van der Waals surface area (Å²) in [4.78, 5) is 64.9. The third-order valence-electron chi connectivity index (χ3n) is 4.78. The normalized spacial score (nSPS) is 29.7. The molecular weight excluding hydrogens is 348 g/mol. The van der Waals surface area contributed by atoms with Crippen molar-refractivity contribution in [1.29, 1.82) is 0 Å². The highest BCUT2D eigenvalue weighted by molar-refractivity contribution is 7.81. The summed E-state index contributed by atoms with van der Waals surface area (Å²) in [6.07, 6.45) is 4.80. The lowest BCUT2D eigenvalue weighted by Gasteiger charge is -2.29. The Morgan fingerprint density at radius 1 is 1.08 bits per heavy atom. The summed E-state index contributed by atoms with van der Waals surface area (Å²) in [5, 5.41) is -0.251. The number of nitrogens with zero attached hydrogens (tertiary/aromatic N) is 2. The molecule has 1 saturated heterocycles. The summed E-state index contributed by atoms with van der Waals surface area (Å²) >= 11 is 3.97. The van der Waals surface area contributed by atoms with Crippen molar-refractivity contribution in [1.82, 2.24) is 9.96 Å². The molecule has 0 radical (unpaired) electrons. The van der Waals surface area contributed by atoms with Crippen LogP contribution in [0.3, 0.4) is 0 Å². The zero-order valence-electron chi connectivity index (χ0n) is 13.4. The molecule has 3 rings (SSSR count). The van der Waals surface area contributed by atoms with E-state index in [4.69, 9.17) is 4.84 Å². The van der Waals surface area contributed by atoms with Gasteiger partial charge in [-0.1, -0.05) is 0 Å². The fraction of sp³-hybridized carbons (Fsp3) is 0.562. The minimum atomic E-state index is -0.764. The van der Waals surface area contributed by atoms with Crippen molar-refractivity contribution in [2.24, 2.45) is 11.8 Å². The Labute approximate surface area is 149 Å². The van der Waals surface area contributed by atoms with E-state index in [1.165, 1.54) is 17.1 Å². The number of hydroxylamine groups is 2. The van der Waals surface area contributed by atoms with Crippen LogP contribution < -0.4 is 0 Å². The molecule has 0 N–H and O–H groups in total. The van der Waals surface area contributed by atoms with Crippen molar-refractivity contribution in [2.45, 2.75) is 37.4 Å². The first-order valence-electron chi connectivity index (χ1n) is 8.17. The second-order valence-electron chi connectivity index (χ2n) is 6.49. The van der Waals surface area contributed by atoms with Crippen molar-refractivity contribution in [3.63, 3.8) is 0 Å². The number of amides is 4. The van der Waals surface area contributed by atoms with Crippen molar-refractivity contribution < 1.29 is 28.8 Å². The van der Waals surface area contributed by atoms with E-state index < -0.39 is 29.0 Å². The Morgan fingerprint density at radius 3 is 2.20 bits per heavy atom. The molecule has 0 aromatic carbocycles. The number of hydrogen-bond acceptors (Lipinski definition) is 7. The molecular formula is C16H18N2O6S. The summed E-state index contributed by atoms with van der Waals surface area (Å²) in [5.41, 5.74) is 0. The second kappa shape index (κ2) is 6.99. The van der Waals surface area contributed by atoms with Crippen LogP contribution in [0.15, 0.2) is 12.2 Å². The Bertz CT molecular complexity index is 650. The van der Waals surface area contributed by atoms with Crippen LogP contribution in [0.2, 0.25) is 0 Å². The van der Waals surface area contributed by atoms with Gasteiger partial charge in [-0.25, -0.2) is 4.79 Å². The molecule has 2 fully saturated rings. The van der Waals surface area contributed by atoms with Gasteiger partial charge in [0, 0.05) is 18.7 Å². The predicted molar refractivity (Wildman–Crippen MR) is 86.6 cm³/mol. The fourth-order valence-electron chi connectivity index (χ4n) is 3.30. The Hall–Kier alpha value is -2.16. The maximum Gasteiger partial charge on any atom is 0.336 e. The summed E-state index contributed by atoms with van der Waals surface area (Å²) in [6, 6.07) is 0. The van der Waals surface area contributed by atoms with E-state index in [0.29, 0.717) is 37.3 Å². The van der Waals surface area contributed by atoms with E-state index in [0.717, 1.165) is 0 Å². The van der Waals surface area contributed by atoms with Crippen molar-refractivity contribution in [2.75, 3.05) is 6.54 Å². The molecule has 0 bridgehead atoms. The maximum atomic E-state index is 12.2. The summed E-state index contributed by atoms with van der Waals surface area (Å²) in [6.45, 7) is 0.344. The molecule has 0 spiro atoms. The Balaban J connectivity index is 1.48. The molecule has 25 heavy (non-hydrogen) atoms. The van der Waals surface area contributed by atoms with Crippen LogP contribution in [0.5, 0.6) is 0 Å². The summed E-state index contributed by atoms with van der Waals surface area (Å²) in [5.74, 6) is -2.66. The molecule has 4 amide bonds. The molecule has 1 saturated carbocycles. The van der Waals surface area contributed by atoms with Crippen molar-refractivity contribution in [3.05, 3.63) is 12.2 Å². The average Bonchev–Trinajstić information content (AvgIpc) is 3.02. The van der Waals surface area contributed by atoms with Gasteiger partial charge in [-0.15, -0.1) is 5.06 Å². The van der Waals surface area contributed by atoms with E-state index in [1.54, 1.807) is 0 Å². The van der Waals surface area contributed by atoms with Gasteiger partial charge in [0.2, 0.25) is 0 Å². The molecule has 0 aromatic rings. The second-order valence-corrected chi connectivity index (χ2v) is 7.12. The lowest BCUT2D eigenvalue weighted by molar-refractivity contribution is -0.201. The van der Waals surface area contributed by atoms with Crippen LogP contribution in [0.1, 0.15) is 32.1 Å². The zero-order chi connectivity index (χ0) is 18.1. The Morgan fingerprint density at radius 2 is 1.68 bits per heavy atom. The van der Waals surface area contributed by atoms with Gasteiger partial charge < -0.3 is 4.84 Å². The van der Waals surface area contributed by atoms with Gasteiger partial charge in [-0.3, -0.25) is 24.1 Å². The molecule has 2 heterocycles. The molecule has 1 unspecified atom stereocenters. The molecule has 9 heteroatoms. The van der Waals surface area contributed by atoms with Crippen molar-refractivity contribution >= 4 is 42.2 Å². The van der Waals surface area contributed by atoms with E-state index in [-0.39, 0.29) is 24.2 Å². The minimum absolute atomic E-state index is 0.0755. The van der Waals surface area contributed by atoms with Crippen LogP contribution in [0.4, 0.5) is 0 Å². The van der Waals surface area contributed by atoms with Crippen LogP contribution >= 0.6 is 12.6 Å².